The fraction of sp³-hybridized carbons (Fsp3) is 0.0476. The lowest BCUT2D eigenvalue weighted by Gasteiger charge is -2.06. The highest BCUT2D eigenvalue weighted by atomic mass is 32.2. The fourth-order valence-corrected chi connectivity index (χ4v) is 4.75. The first-order valence-corrected chi connectivity index (χ1v) is 11.0. The number of methoxy groups -OCH3 is 1. The molecule has 0 saturated heterocycles. The van der Waals surface area contributed by atoms with Crippen LogP contribution in [0.2, 0.25) is 0 Å². The standard InChI is InChI=1S/C21H16FN3O3S2/c1-28-18-11-7-15(8-12-18)20-23-21(29-25(20)17-5-3-2-4-6-17)24-30(26,27)19-13-9-16(22)10-14-19/h2-14H,1H3/b24-21-. The van der Waals surface area contributed by atoms with Crippen LogP contribution in [0.4, 0.5) is 4.39 Å². The molecule has 0 fully saturated rings. The Morgan fingerprint density at radius 2 is 1.63 bits per heavy atom. The Morgan fingerprint density at radius 3 is 2.27 bits per heavy atom. The first kappa shape index (κ1) is 20.0. The molecule has 9 heteroatoms. The van der Waals surface area contributed by atoms with Gasteiger partial charge in [0.25, 0.3) is 10.0 Å². The highest BCUT2D eigenvalue weighted by Crippen LogP contribution is 2.24. The Kier molecular flexibility index (Phi) is 5.47. The third kappa shape index (κ3) is 4.17. The summed E-state index contributed by atoms with van der Waals surface area (Å²) in [5, 5.41) is 0. The van der Waals surface area contributed by atoms with Crippen LogP contribution in [0, 0.1) is 5.82 Å². The molecule has 0 saturated carbocycles. The lowest BCUT2D eigenvalue weighted by Crippen LogP contribution is -2.06. The van der Waals surface area contributed by atoms with Gasteiger partial charge in [-0.15, -0.1) is 4.40 Å². The second-order valence-corrected chi connectivity index (χ2v) is 8.70. The Balaban J connectivity index is 1.86. The first-order chi connectivity index (χ1) is 14.5. The van der Waals surface area contributed by atoms with E-state index in [4.69, 9.17) is 4.74 Å². The second kappa shape index (κ2) is 8.21. The molecular weight excluding hydrogens is 425 g/mol. The van der Waals surface area contributed by atoms with E-state index in [0.29, 0.717) is 11.6 Å². The molecule has 152 valence electrons. The van der Waals surface area contributed by atoms with Crippen LogP contribution < -0.4 is 9.54 Å². The Hall–Kier alpha value is -3.30. The molecule has 4 rings (SSSR count). The van der Waals surface area contributed by atoms with E-state index in [1.807, 2.05) is 42.5 Å². The highest BCUT2D eigenvalue weighted by molar-refractivity contribution is 7.90. The van der Waals surface area contributed by atoms with Gasteiger partial charge in [0.05, 0.1) is 17.7 Å². The molecule has 0 N–H and O–H groups in total. The number of rotatable bonds is 5. The maximum absolute atomic E-state index is 13.1. The van der Waals surface area contributed by atoms with E-state index in [9.17, 15) is 12.8 Å². The minimum atomic E-state index is -4.04. The van der Waals surface area contributed by atoms with Gasteiger partial charge in [0.2, 0.25) is 4.80 Å². The van der Waals surface area contributed by atoms with E-state index in [1.54, 1.807) is 23.2 Å². The topological polar surface area (TPSA) is 73.6 Å². The predicted octanol–water partition coefficient (Wildman–Crippen LogP) is 4.04. The lowest BCUT2D eigenvalue weighted by molar-refractivity contribution is 0.415. The van der Waals surface area contributed by atoms with Gasteiger partial charge in [0, 0.05) is 5.56 Å². The molecule has 3 aromatic carbocycles. The van der Waals surface area contributed by atoms with Gasteiger partial charge >= 0.3 is 0 Å². The van der Waals surface area contributed by atoms with Gasteiger partial charge in [-0.25, -0.2) is 8.35 Å². The van der Waals surface area contributed by atoms with E-state index in [0.717, 1.165) is 34.9 Å². The van der Waals surface area contributed by atoms with Crippen molar-refractivity contribution in [1.82, 2.24) is 8.94 Å². The summed E-state index contributed by atoms with van der Waals surface area (Å²) in [6.07, 6.45) is 0. The van der Waals surface area contributed by atoms with Crippen LogP contribution in [0.25, 0.3) is 17.1 Å². The number of ether oxygens (including phenoxy) is 1. The summed E-state index contributed by atoms with van der Waals surface area (Å²) >= 11 is 1.10. The molecule has 1 heterocycles. The van der Waals surface area contributed by atoms with Gasteiger partial charge < -0.3 is 4.74 Å². The van der Waals surface area contributed by atoms with E-state index in [2.05, 4.69) is 9.38 Å². The molecule has 0 aliphatic carbocycles. The molecule has 0 unspecified atom stereocenters. The average Bonchev–Trinajstić information content (AvgIpc) is 3.18. The van der Waals surface area contributed by atoms with Crippen LogP contribution in [0.1, 0.15) is 0 Å². The maximum Gasteiger partial charge on any atom is 0.285 e. The zero-order valence-electron chi connectivity index (χ0n) is 15.8. The minimum Gasteiger partial charge on any atom is -0.497 e. The molecule has 30 heavy (non-hydrogen) atoms. The molecule has 0 aliphatic heterocycles. The second-order valence-electron chi connectivity index (χ2n) is 6.19. The third-order valence-corrected chi connectivity index (χ3v) is 6.52. The quantitative estimate of drug-likeness (QED) is 0.469. The smallest absolute Gasteiger partial charge is 0.285 e. The van der Waals surface area contributed by atoms with E-state index >= 15 is 0 Å². The van der Waals surface area contributed by atoms with Gasteiger partial charge in [-0.05, 0) is 72.2 Å². The van der Waals surface area contributed by atoms with Gasteiger partial charge in [0.15, 0.2) is 5.82 Å². The van der Waals surface area contributed by atoms with Crippen molar-refractivity contribution in [3.63, 3.8) is 0 Å². The Morgan fingerprint density at radius 1 is 0.967 bits per heavy atom. The first-order valence-electron chi connectivity index (χ1n) is 8.83. The number of benzene rings is 3. The van der Waals surface area contributed by atoms with Crippen molar-refractivity contribution in [2.45, 2.75) is 4.90 Å². The highest BCUT2D eigenvalue weighted by Gasteiger charge is 2.16. The van der Waals surface area contributed by atoms with E-state index in [1.165, 1.54) is 12.1 Å². The van der Waals surface area contributed by atoms with Gasteiger partial charge in [-0.2, -0.15) is 13.4 Å². The van der Waals surface area contributed by atoms with Crippen molar-refractivity contribution in [2.75, 3.05) is 7.11 Å². The summed E-state index contributed by atoms with van der Waals surface area (Å²) in [5.74, 6) is 0.720. The monoisotopic (exact) mass is 441 g/mol. The van der Waals surface area contributed by atoms with Crippen LogP contribution in [0.15, 0.2) is 88.2 Å². The van der Waals surface area contributed by atoms with Gasteiger partial charge in [-0.1, -0.05) is 18.2 Å². The zero-order valence-corrected chi connectivity index (χ0v) is 17.4. The average molecular weight is 442 g/mol. The molecule has 0 amide bonds. The largest absolute Gasteiger partial charge is 0.497 e. The summed E-state index contributed by atoms with van der Waals surface area (Å²) in [4.78, 5) is 4.42. The molecule has 1 aromatic heterocycles. The van der Waals surface area contributed by atoms with Crippen LogP contribution in [0.3, 0.4) is 0 Å². The number of sulfonamides is 1. The van der Waals surface area contributed by atoms with E-state index < -0.39 is 15.8 Å². The van der Waals surface area contributed by atoms with Crippen LogP contribution in [0.5, 0.6) is 5.75 Å². The normalized spacial score (nSPS) is 12.1. The molecule has 0 aliphatic rings. The van der Waals surface area contributed by atoms with Crippen LogP contribution >= 0.6 is 11.5 Å². The van der Waals surface area contributed by atoms with Crippen molar-refractivity contribution in [3.05, 3.63) is 89.5 Å². The molecule has 4 aromatic rings. The predicted molar refractivity (Wildman–Crippen MR) is 113 cm³/mol. The number of para-hydroxylation sites is 1. The molecule has 6 nitrogen and oxygen atoms in total. The van der Waals surface area contributed by atoms with Gasteiger partial charge in [-0.3, -0.25) is 0 Å². The van der Waals surface area contributed by atoms with Gasteiger partial charge in [0.1, 0.15) is 11.6 Å². The molecule has 0 spiro atoms. The Labute approximate surface area is 176 Å². The number of hydrogen-bond acceptors (Lipinski definition) is 5. The molecule has 0 atom stereocenters. The minimum absolute atomic E-state index is 0.0639. The number of hydrogen-bond donors (Lipinski definition) is 0. The van der Waals surface area contributed by atoms with Crippen molar-refractivity contribution in [1.29, 1.82) is 0 Å². The number of halogens is 1. The number of aromatic nitrogens is 2. The van der Waals surface area contributed by atoms with Crippen LogP contribution in [-0.2, 0) is 10.0 Å². The summed E-state index contributed by atoms with van der Waals surface area (Å²) in [5.41, 5.74) is 1.60. The number of nitrogens with zero attached hydrogens (tertiary/aromatic N) is 3. The van der Waals surface area contributed by atoms with Crippen LogP contribution in [-0.4, -0.2) is 24.5 Å². The fourth-order valence-electron chi connectivity index (χ4n) is 2.74. The summed E-state index contributed by atoms with van der Waals surface area (Å²) in [7, 11) is -2.45. The SMILES string of the molecule is COc1ccc(-c2n/c(=N/S(=O)(=O)c3ccc(F)cc3)sn2-c2ccccc2)cc1. The maximum atomic E-state index is 13.1. The summed E-state index contributed by atoms with van der Waals surface area (Å²) in [6.45, 7) is 0. The van der Waals surface area contributed by atoms with Crippen molar-refractivity contribution >= 4 is 21.6 Å². The van der Waals surface area contributed by atoms with Crippen molar-refractivity contribution in [3.8, 4) is 22.8 Å². The van der Waals surface area contributed by atoms with Crippen molar-refractivity contribution < 1.29 is 17.5 Å². The Bertz CT molecular complexity index is 1330. The zero-order chi connectivity index (χ0) is 21.1. The van der Waals surface area contributed by atoms with E-state index in [-0.39, 0.29) is 9.70 Å². The summed E-state index contributed by atoms with van der Waals surface area (Å²) in [6, 6.07) is 21.2. The lowest BCUT2D eigenvalue weighted by atomic mass is 10.2. The molecule has 0 bridgehead atoms. The molecule has 0 radical (unpaired) electrons. The van der Waals surface area contributed by atoms with Crippen molar-refractivity contribution in [2.24, 2.45) is 4.40 Å². The summed E-state index contributed by atoms with van der Waals surface area (Å²) < 4.78 is 49.3. The molecular formula is C21H16FN3O3S2. The third-order valence-electron chi connectivity index (χ3n) is 4.22.